The molecule has 0 saturated carbocycles. The number of nitrogens with one attached hydrogen (secondary N) is 1. The summed E-state index contributed by atoms with van der Waals surface area (Å²) in [6.45, 7) is 4.16. The van der Waals surface area contributed by atoms with Crippen molar-refractivity contribution in [1.82, 2.24) is 5.32 Å². The Kier molecular flexibility index (Phi) is 4.74. The summed E-state index contributed by atoms with van der Waals surface area (Å²) in [6.07, 6.45) is 6.46. The minimum Gasteiger partial charge on any atom is -0.468 e. The zero-order valence-corrected chi connectivity index (χ0v) is 13.1. The van der Waals surface area contributed by atoms with Gasteiger partial charge in [-0.1, -0.05) is 6.92 Å². The van der Waals surface area contributed by atoms with Gasteiger partial charge in [0.25, 0.3) is 0 Å². The van der Waals surface area contributed by atoms with E-state index in [4.69, 9.17) is 9.15 Å². The highest BCUT2D eigenvalue weighted by atomic mass is 32.2. The Morgan fingerprint density at radius 3 is 3.20 bits per heavy atom. The van der Waals surface area contributed by atoms with E-state index in [2.05, 4.69) is 18.3 Å². The Hall–Kier alpha value is -0.450. The summed E-state index contributed by atoms with van der Waals surface area (Å²) in [5.74, 6) is 4.13. The predicted molar refractivity (Wildman–Crippen MR) is 83.1 cm³/mol. The molecule has 3 rings (SSSR count). The van der Waals surface area contributed by atoms with Gasteiger partial charge in [0, 0.05) is 12.4 Å². The van der Waals surface area contributed by atoms with Gasteiger partial charge in [-0.25, -0.2) is 0 Å². The Labute approximate surface area is 125 Å². The van der Waals surface area contributed by atoms with Gasteiger partial charge in [0.15, 0.2) is 0 Å². The normalized spacial score (nSPS) is 31.8. The van der Waals surface area contributed by atoms with Crippen LogP contribution in [0.2, 0.25) is 0 Å². The maximum atomic E-state index is 6.15. The summed E-state index contributed by atoms with van der Waals surface area (Å²) in [5, 5.41) is 3.69. The van der Waals surface area contributed by atoms with Gasteiger partial charge in [-0.3, -0.25) is 0 Å². The van der Waals surface area contributed by atoms with Crippen LogP contribution in [0.3, 0.4) is 0 Å². The van der Waals surface area contributed by atoms with E-state index in [9.17, 15) is 0 Å². The standard InChI is InChI=1S/C16H25NO2S/c1-2-7-17-15(14-4-3-8-18-14)13-5-9-19-16(11-13)6-10-20-12-16/h3-4,8,13,15,17H,2,5-7,9-12H2,1H3. The number of ether oxygens (including phenoxy) is 1. The van der Waals surface area contributed by atoms with Crippen LogP contribution in [0.1, 0.15) is 44.4 Å². The highest BCUT2D eigenvalue weighted by molar-refractivity contribution is 7.99. The SMILES string of the molecule is CCCNC(c1ccco1)C1CCOC2(CCSC2)C1. The number of furan rings is 1. The van der Waals surface area contributed by atoms with Crippen LogP contribution in [0.25, 0.3) is 0 Å². The number of hydrogen-bond donors (Lipinski definition) is 1. The molecule has 2 aliphatic rings. The van der Waals surface area contributed by atoms with E-state index in [0.717, 1.165) is 31.8 Å². The van der Waals surface area contributed by atoms with E-state index in [1.165, 1.54) is 24.3 Å². The van der Waals surface area contributed by atoms with Crippen molar-refractivity contribution in [2.45, 2.75) is 44.2 Å². The Morgan fingerprint density at radius 2 is 2.50 bits per heavy atom. The Bertz CT molecular complexity index is 401. The first kappa shape index (κ1) is 14.5. The van der Waals surface area contributed by atoms with Crippen molar-refractivity contribution in [3.05, 3.63) is 24.2 Å². The predicted octanol–water partition coefficient (Wildman–Crippen LogP) is 3.62. The summed E-state index contributed by atoms with van der Waals surface area (Å²) in [5.41, 5.74) is 0.145. The van der Waals surface area contributed by atoms with E-state index in [1.807, 2.05) is 17.8 Å². The molecule has 3 unspecified atom stereocenters. The van der Waals surface area contributed by atoms with Gasteiger partial charge in [-0.05, 0) is 56.0 Å². The molecule has 0 radical (unpaired) electrons. The van der Waals surface area contributed by atoms with Crippen molar-refractivity contribution in [3.8, 4) is 0 Å². The average molecular weight is 295 g/mol. The number of thioether (sulfide) groups is 1. The van der Waals surface area contributed by atoms with Gasteiger partial charge in [0.1, 0.15) is 5.76 Å². The van der Waals surface area contributed by atoms with E-state index in [0.29, 0.717) is 12.0 Å². The monoisotopic (exact) mass is 295 g/mol. The molecule has 2 saturated heterocycles. The van der Waals surface area contributed by atoms with Crippen molar-refractivity contribution in [2.75, 3.05) is 24.7 Å². The molecule has 0 aromatic carbocycles. The van der Waals surface area contributed by atoms with Crippen LogP contribution in [-0.2, 0) is 4.74 Å². The van der Waals surface area contributed by atoms with Crippen molar-refractivity contribution in [2.24, 2.45) is 5.92 Å². The molecule has 1 aromatic heterocycles. The number of hydrogen-bond acceptors (Lipinski definition) is 4. The van der Waals surface area contributed by atoms with Crippen LogP contribution in [0.5, 0.6) is 0 Å². The highest BCUT2D eigenvalue weighted by Crippen LogP contribution is 2.44. The van der Waals surface area contributed by atoms with E-state index < -0.39 is 0 Å². The average Bonchev–Trinajstić information content (AvgIpc) is 3.12. The fourth-order valence-corrected chi connectivity index (χ4v) is 4.86. The molecule has 3 heterocycles. The lowest BCUT2D eigenvalue weighted by atomic mass is 9.80. The molecule has 2 aliphatic heterocycles. The minimum absolute atomic E-state index is 0.145. The van der Waals surface area contributed by atoms with Crippen LogP contribution in [0.15, 0.2) is 22.8 Å². The van der Waals surface area contributed by atoms with Gasteiger partial charge in [-0.2, -0.15) is 11.8 Å². The van der Waals surface area contributed by atoms with Gasteiger partial charge in [-0.15, -0.1) is 0 Å². The van der Waals surface area contributed by atoms with E-state index in [1.54, 1.807) is 6.26 Å². The number of rotatable bonds is 5. The van der Waals surface area contributed by atoms with Gasteiger partial charge in [0.05, 0.1) is 17.9 Å². The largest absolute Gasteiger partial charge is 0.468 e. The van der Waals surface area contributed by atoms with Crippen molar-refractivity contribution in [1.29, 1.82) is 0 Å². The molecular formula is C16H25NO2S. The molecule has 0 bridgehead atoms. The van der Waals surface area contributed by atoms with Crippen LogP contribution in [0.4, 0.5) is 0 Å². The van der Waals surface area contributed by atoms with Crippen LogP contribution < -0.4 is 5.32 Å². The molecule has 1 N–H and O–H groups in total. The summed E-state index contributed by atoms with van der Waals surface area (Å²) in [4.78, 5) is 0. The molecule has 4 heteroatoms. The second-order valence-electron chi connectivity index (χ2n) is 6.03. The first-order valence-electron chi connectivity index (χ1n) is 7.81. The topological polar surface area (TPSA) is 34.4 Å². The first-order chi connectivity index (χ1) is 9.83. The van der Waals surface area contributed by atoms with Gasteiger partial charge >= 0.3 is 0 Å². The van der Waals surface area contributed by atoms with Crippen LogP contribution in [0, 0.1) is 5.92 Å². The van der Waals surface area contributed by atoms with Crippen molar-refractivity contribution >= 4 is 11.8 Å². The lowest BCUT2D eigenvalue weighted by Gasteiger charge is -2.40. The Morgan fingerprint density at radius 1 is 1.55 bits per heavy atom. The maximum Gasteiger partial charge on any atom is 0.120 e. The molecule has 1 aromatic rings. The third-order valence-corrected chi connectivity index (χ3v) is 5.76. The summed E-state index contributed by atoms with van der Waals surface area (Å²) in [7, 11) is 0. The molecule has 112 valence electrons. The smallest absolute Gasteiger partial charge is 0.120 e. The maximum absolute atomic E-state index is 6.15. The van der Waals surface area contributed by atoms with Crippen molar-refractivity contribution in [3.63, 3.8) is 0 Å². The molecule has 0 aliphatic carbocycles. The zero-order valence-electron chi connectivity index (χ0n) is 12.3. The quantitative estimate of drug-likeness (QED) is 0.899. The third kappa shape index (κ3) is 3.07. The fourth-order valence-electron chi connectivity index (χ4n) is 3.48. The van der Waals surface area contributed by atoms with E-state index in [-0.39, 0.29) is 5.60 Å². The Balaban J connectivity index is 1.72. The van der Waals surface area contributed by atoms with E-state index >= 15 is 0 Å². The molecule has 3 nitrogen and oxygen atoms in total. The summed E-state index contributed by atoms with van der Waals surface area (Å²) in [6, 6.07) is 4.45. The molecular weight excluding hydrogens is 270 g/mol. The lowest BCUT2D eigenvalue weighted by Crippen LogP contribution is -2.43. The molecule has 3 atom stereocenters. The second-order valence-corrected chi connectivity index (χ2v) is 7.14. The van der Waals surface area contributed by atoms with Gasteiger partial charge in [0.2, 0.25) is 0 Å². The third-order valence-electron chi connectivity index (χ3n) is 4.53. The molecule has 1 spiro atoms. The molecule has 2 fully saturated rings. The lowest BCUT2D eigenvalue weighted by molar-refractivity contribution is -0.0864. The summed E-state index contributed by atoms with van der Waals surface area (Å²) >= 11 is 2.04. The fraction of sp³-hybridized carbons (Fsp3) is 0.750. The second kappa shape index (κ2) is 6.54. The van der Waals surface area contributed by atoms with Gasteiger partial charge < -0.3 is 14.5 Å². The van der Waals surface area contributed by atoms with Crippen LogP contribution in [-0.4, -0.2) is 30.3 Å². The first-order valence-corrected chi connectivity index (χ1v) is 8.97. The van der Waals surface area contributed by atoms with Crippen LogP contribution >= 0.6 is 11.8 Å². The molecule has 0 amide bonds. The summed E-state index contributed by atoms with van der Waals surface area (Å²) < 4.78 is 11.8. The minimum atomic E-state index is 0.145. The zero-order chi connectivity index (χ0) is 13.8. The van der Waals surface area contributed by atoms with Crippen molar-refractivity contribution < 1.29 is 9.15 Å². The molecule has 20 heavy (non-hydrogen) atoms. The highest BCUT2D eigenvalue weighted by Gasteiger charge is 2.43.